The van der Waals surface area contributed by atoms with Crippen LogP contribution in [0.25, 0.3) is 11.1 Å². The molecule has 7 heteroatoms. The summed E-state index contributed by atoms with van der Waals surface area (Å²) in [5, 5.41) is 0. The van der Waals surface area contributed by atoms with Gasteiger partial charge in [0.05, 0.1) is 11.1 Å². The largest absolute Gasteiger partial charge is 0.454 e. The van der Waals surface area contributed by atoms with Crippen LogP contribution in [0.4, 0.5) is 22.0 Å². The fourth-order valence-corrected chi connectivity index (χ4v) is 4.11. The van der Waals surface area contributed by atoms with Crippen molar-refractivity contribution in [2.75, 3.05) is 0 Å². The van der Waals surface area contributed by atoms with Gasteiger partial charge < -0.3 is 4.74 Å². The number of rotatable bonds is 7. The van der Waals surface area contributed by atoms with Gasteiger partial charge in [0.1, 0.15) is 6.10 Å². The highest BCUT2D eigenvalue weighted by molar-refractivity contribution is 5.90. The number of esters is 1. The Morgan fingerprint density at radius 3 is 1.56 bits per heavy atom. The maximum absolute atomic E-state index is 14.0. The minimum absolute atomic E-state index is 0.0721. The zero-order valence-electron chi connectivity index (χ0n) is 23.7. The molecule has 0 saturated carbocycles. The molecule has 0 bridgehead atoms. The predicted octanol–water partition coefficient (Wildman–Crippen LogP) is 9.86. The van der Waals surface area contributed by atoms with Gasteiger partial charge in [0.15, 0.2) is 23.3 Å². The van der Waals surface area contributed by atoms with E-state index in [9.17, 15) is 26.7 Å². The molecule has 0 aliphatic heterocycles. The van der Waals surface area contributed by atoms with Crippen molar-refractivity contribution in [2.24, 2.45) is 5.92 Å². The van der Waals surface area contributed by atoms with E-state index in [-0.39, 0.29) is 5.56 Å². The molecule has 0 spiro atoms. The molecule has 4 aromatic rings. The molecule has 41 heavy (non-hydrogen) atoms. The van der Waals surface area contributed by atoms with Crippen LogP contribution in [0.1, 0.15) is 65.9 Å². The number of halogens is 5. The maximum Gasteiger partial charge on any atom is 0.338 e. The molecule has 0 amide bonds. The van der Waals surface area contributed by atoms with Crippen LogP contribution >= 0.6 is 0 Å². The van der Waals surface area contributed by atoms with E-state index >= 15 is 0 Å². The monoisotopic (exact) mass is 568 g/mol. The molecule has 0 fully saturated rings. The van der Waals surface area contributed by atoms with E-state index in [1.165, 1.54) is 28.8 Å². The minimum Gasteiger partial charge on any atom is -0.454 e. The van der Waals surface area contributed by atoms with Crippen molar-refractivity contribution in [3.63, 3.8) is 0 Å². The van der Waals surface area contributed by atoms with Crippen LogP contribution < -0.4 is 0 Å². The second kappa shape index (κ2) is 14.1. The summed E-state index contributed by atoms with van der Waals surface area (Å²) in [6, 6.07) is 22.7. The summed E-state index contributed by atoms with van der Waals surface area (Å²) >= 11 is 0. The van der Waals surface area contributed by atoms with Crippen LogP contribution in [0.2, 0.25) is 0 Å². The summed E-state index contributed by atoms with van der Waals surface area (Å²) in [6.45, 7) is 9.62. The van der Waals surface area contributed by atoms with Crippen molar-refractivity contribution < 1.29 is 31.5 Å². The second-order valence-corrected chi connectivity index (χ2v) is 10.1. The Hall–Kier alpha value is -4.00. The van der Waals surface area contributed by atoms with Crippen molar-refractivity contribution in [3.8, 4) is 11.1 Å². The standard InChI is InChI=1S/C26H23F5O2.C8H10/c1-4-14(2)13-16-5-7-17(8-6-16)18-9-11-19(12-10-18)26(32)33-15(3)20-21(27)23(29)25(31)24(30)22(20)28;1-7-5-3-4-6-8(7)2/h5-12,14-15H,4,13H2,1-3H3;3-6H,1-2H3. The van der Waals surface area contributed by atoms with Gasteiger partial charge in [0.2, 0.25) is 5.82 Å². The topological polar surface area (TPSA) is 26.3 Å². The molecule has 4 aromatic carbocycles. The zero-order chi connectivity index (χ0) is 30.3. The highest BCUT2D eigenvalue weighted by Gasteiger charge is 2.30. The predicted molar refractivity (Wildman–Crippen MR) is 151 cm³/mol. The Balaban J connectivity index is 0.000000496. The van der Waals surface area contributed by atoms with Gasteiger partial charge >= 0.3 is 5.97 Å². The first-order valence-electron chi connectivity index (χ1n) is 13.4. The molecule has 0 aliphatic carbocycles. The van der Waals surface area contributed by atoms with E-state index in [0.717, 1.165) is 30.9 Å². The third kappa shape index (κ3) is 7.81. The highest BCUT2D eigenvalue weighted by Crippen LogP contribution is 2.30. The molecule has 0 radical (unpaired) electrons. The van der Waals surface area contributed by atoms with Crippen molar-refractivity contribution >= 4 is 5.97 Å². The zero-order valence-corrected chi connectivity index (χ0v) is 23.7. The van der Waals surface area contributed by atoms with E-state index in [4.69, 9.17) is 4.74 Å². The number of carbonyl (C=O) groups is 1. The summed E-state index contributed by atoms with van der Waals surface area (Å²) in [4.78, 5) is 12.4. The van der Waals surface area contributed by atoms with Gasteiger partial charge in [-0.25, -0.2) is 26.7 Å². The van der Waals surface area contributed by atoms with E-state index in [2.05, 4.69) is 64.1 Å². The third-order valence-electron chi connectivity index (χ3n) is 7.05. The molecular weight excluding hydrogens is 535 g/mol. The van der Waals surface area contributed by atoms with Gasteiger partial charge in [-0.05, 0) is 73.1 Å². The number of hydrogen-bond donors (Lipinski definition) is 0. The number of hydrogen-bond acceptors (Lipinski definition) is 2. The molecule has 0 aliphatic rings. The van der Waals surface area contributed by atoms with Crippen LogP contribution in [-0.4, -0.2) is 5.97 Å². The lowest BCUT2D eigenvalue weighted by Crippen LogP contribution is -2.15. The lowest BCUT2D eigenvalue weighted by molar-refractivity contribution is 0.0320. The van der Waals surface area contributed by atoms with E-state index in [0.29, 0.717) is 5.92 Å². The molecule has 2 unspecified atom stereocenters. The van der Waals surface area contributed by atoms with Crippen LogP contribution in [0.15, 0.2) is 72.8 Å². The van der Waals surface area contributed by atoms with Crippen LogP contribution in [0, 0.1) is 48.9 Å². The quantitative estimate of drug-likeness (QED) is 0.0960. The summed E-state index contributed by atoms with van der Waals surface area (Å²) in [5.41, 5.74) is 4.62. The van der Waals surface area contributed by atoms with E-state index < -0.39 is 46.7 Å². The summed E-state index contributed by atoms with van der Waals surface area (Å²) in [7, 11) is 0. The fraction of sp³-hybridized carbons (Fsp3) is 0.265. The molecule has 4 rings (SSSR count). The summed E-state index contributed by atoms with van der Waals surface area (Å²) < 4.78 is 73.0. The van der Waals surface area contributed by atoms with Gasteiger partial charge in [-0.15, -0.1) is 0 Å². The first-order chi connectivity index (χ1) is 19.4. The lowest BCUT2D eigenvalue weighted by atomic mass is 9.96. The Morgan fingerprint density at radius 1 is 0.683 bits per heavy atom. The molecule has 216 valence electrons. The Labute approximate surface area is 237 Å². The Bertz CT molecular complexity index is 1430. The van der Waals surface area contributed by atoms with Crippen LogP contribution in [0.3, 0.4) is 0 Å². The van der Waals surface area contributed by atoms with Gasteiger partial charge in [0.25, 0.3) is 0 Å². The number of carbonyl (C=O) groups excluding carboxylic acids is 1. The molecule has 2 atom stereocenters. The number of benzene rings is 4. The van der Waals surface area contributed by atoms with Gasteiger partial charge in [-0.2, -0.15) is 0 Å². The first-order valence-corrected chi connectivity index (χ1v) is 13.4. The van der Waals surface area contributed by atoms with Gasteiger partial charge in [-0.1, -0.05) is 80.9 Å². The molecule has 0 aromatic heterocycles. The van der Waals surface area contributed by atoms with Crippen molar-refractivity contribution in [2.45, 2.75) is 53.6 Å². The SMILES string of the molecule is CCC(C)Cc1ccc(-c2ccc(C(=O)OC(C)c3c(F)c(F)c(F)c(F)c3F)cc2)cc1.Cc1ccccc1C. The summed E-state index contributed by atoms with van der Waals surface area (Å²) in [5.74, 6) is -10.9. The molecule has 0 heterocycles. The van der Waals surface area contributed by atoms with Crippen molar-refractivity contribution in [1.29, 1.82) is 0 Å². The smallest absolute Gasteiger partial charge is 0.338 e. The molecule has 2 nitrogen and oxygen atoms in total. The maximum atomic E-state index is 14.0. The van der Waals surface area contributed by atoms with Crippen LogP contribution in [0.5, 0.6) is 0 Å². The van der Waals surface area contributed by atoms with Gasteiger partial charge in [0, 0.05) is 0 Å². The average molecular weight is 569 g/mol. The van der Waals surface area contributed by atoms with Crippen molar-refractivity contribution in [1.82, 2.24) is 0 Å². The fourth-order valence-electron chi connectivity index (χ4n) is 4.11. The number of aryl methyl sites for hydroxylation is 2. The van der Waals surface area contributed by atoms with Crippen molar-refractivity contribution in [3.05, 3.63) is 130 Å². The highest BCUT2D eigenvalue weighted by atomic mass is 19.2. The number of ether oxygens (including phenoxy) is 1. The first kappa shape index (κ1) is 31.5. The molecule has 0 N–H and O–H groups in total. The third-order valence-corrected chi connectivity index (χ3v) is 7.05. The molecular formula is C34H33F5O2. The summed E-state index contributed by atoms with van der Waals surface area (Å²) in [6.07, 6.45) is 0.394. The van der Waals surface area contributed by atoms with E-state index in [1.807, 2.05) is 12.1 Å². The Morgan fingerprint density at radius 2 is 1.12 bits per heavy atom. The second-order valence-electron chi connectivity index (χ2n) is 10.1. The van der Waals surface area contributed by atoms with Crippen LogP contribution in [-0.2, 0) is 11.2 Å². The lowest BCUT2D eigenvalue weighted by Gasteiger charge is -2.16. The van der Waals surface area contributed by atoms with E-state index in [1.54, 1.807) is 12.1 Å². The average Bonchev–Trinajstić information content (AvgIpc) is 2.97. The Kier molecular flexibility index (Phi) is 10.8. The van der Waals surface area contributed by atoms with Gasteiger partial charge in [-0.3, -0.25) is 0 Å². The molecule has 0 saturated heterocycles. The minimum atomic E-state index is -2.27. The normalized spacial score (nSPS) is 12.2.